The highest BCUT2D eigenvalue weighted by Crippen LogP contribution is 1.97. The molecule has 0 heterocycles. The highest BCUT2D eigenvalue weighted by molar-refractivity contribution is 5.85. The summed E-state index contributed by atoms with van der Waals surface area (Å²) in [6.07, 6.45) is -0.0739. The maximum absolute atomic E-state index is 11.5. The first-order valence-corrected chi connectivity index (χ1v) is 7.78. The van der Waals surface area contributed by atoms with Crippen LogP contribution in [0.2, 0.25) is 0 Å². The van der Waals surface area contributed by atoms with Crippen LogP contribution in [-0.2, 0) is 9.47 Å². The van der Waals surface area contributed by atoms with Gasteiger partial charge in [0.05, 0.1) is 6.04 Å². The Morgan fingerprint density at radius 2 is 1.62 bits per heavy atom. The molecule has 0 radical (unpaired) electrons. The predicted molar refractivity (Wildman–Crippen MR) is 98.9 cm³/mol. The van der Waals surface area contributed by atoms with Crippen LogP contribution < -0.4 is 21.7 Å². The average molecular weight is 391 g/mol. The van der Waals surface area contributed by atoms with Crippen LogP contribution in [0.4, 0.5) is 9.59 Å². The van der Waals surface area contributed by atoms with Gasteiger partial charge in [-0.1, -0.05) is 20.3 Å². The number of carbonyl (C=O) groups is 2. The first-order chi connectivity index (χ1) is 10.4. The van der Waals surface area contributed by atoms with Gasteiger partial charge in [-0.2, -0.15) is 0 Å². The van der Waals surface area contributed by atoms with Gasteiger partial charge in [-0.15, -0.1) is 24.8 Å². The topological polar surface area (TPSA) is 115 Å². The molecule has 10 heteroatoms. The normalized spacial score (nSPS) is 13.4. The van der Waals surface area contributed by atoms with Gasteiger partial charge in [-0.05, 0) is 26.8 Å². The maximum Gasteiger partial charge on any atom is 0.408 e. The summed E-state index contributed by atoms with van der Waals surface area (Å²) in [5, 5.41) is 8.12. The van der Waals surface area contributed by atoms with Crippen molar-refractivity contribution in [3.05, 3.63) is 0 Å². The summed E-state index contributed by atoms with van der Waals surface area (Å²) in [5.41, 5.74) is 5.87. The molecule has 5 N–H and O–H groups in total. The fourth-order valence-corrected chi connectivity index (χ4v) is 1.56. The summed E-state index contributed by atoms with van der Waals surface area (Å²) in [4.78, 5) is 23.0. The molecule has 0 saturated carbocycles. The van der Waals surface area contributed by atoms with Crippen molar-refractivity contribution in [2.75, 3.05) is 19.6 Å². The van der Waals surface area contributed by atoms with Gasteiger partial charge in [0, 0.05) is 13.1 Å². The van der Waals surface area contributed by atoms with Crippen LogP contribution in [0.15, 0.2) is 0 Å². The molecule has 0 aliphatic carbocycles. The number of halogens is 2. The van der Waals surface area contributed by atoms with E-state index in [9.17, 15) is 9.59 Å². The van der Waals surface area contributed by atoms with Gasteiger partial charge in [0.2, 0.25) is 0 Å². The fourth-order valence-electron chi connectivity index (χ4n) is 1.56. The largest absolute Gasteiger partial charge is 0.445 e. The van der Waals surface area contributed by atoms with E-state index in [0.717, 1.165) is 12.8 Å². The Bertz CT molecular complexity index is 338. The first kappa shape index (κ1) is 27.9. The highest BCUT2D eigenvalue weighted by Gasteiger charge is 2.18. The molecule has 8 nitrogen and oxygen atoms in total. The van der Waals surface area contributed by atoms with E-state index in [-0.39, 0.29) is 37.6 Å². The lowest BCUT2D eigenvalue weighted by atomic mass is 10.2. The van der Waals surface area contributed by atoms with Crippen molar-refractivity contribution in [1.29, 1.82) is 0 Å². The third-order valence-corrected chi connectivity index (χ3v) is 2.95. The van der Waals surface area contributed by atoms with Crippen molar-refractivity contribution < 1.29 is 19.1 Å². The van der Waals surface area contributed by atoms with Crippen LogP contribution in [0.5, 0.6) is 0 Å². The van der Waals surface area contributed by atoms with Crippen molar-refractivity contribution in [2.24, 2.45) is 5.73 Å². The van der Waals surface area contributed by atoms with Crippen molar-refractivity contribution in [2.45, 2.75) is 58.9 Å². The zero-order valence-electron chi connectivity index (χ0n) is 14.8. The smallest absolute Gasteiger partial charge is 0.408 e. The quantitative estimate of drug-likeness (QED) is 0.333. The Morgan fingerprint density at radius 3 is 2.17 bits per heavy atom. The zero-order chi connectivity index (χ0) is 17.0. The summed E-state index contributed by atoms with van der Waals surface area (Å²) >= 11 is 0. The Morgan fingerprint density at radius 1 is 1.04 bits per heavy atom. The highest BCUT2D eigenvalue weighted by atomic mass is 35.5. The third-order valence-electron chi connectivity index (χ3n) is 2.95. The molecule has 0 spiro atoms. The van der Waals surface area contributed by atoms with Crippen molar-refractivity contribution >= 4 is 37.0 Å². The molecule has 3 atom stereocenters. The minimum atomic E-state index is -0.566. The maximum atomic E-state index is 11.5. The van der Waals surface area contributed by atoms with Gasteiger partial charge in [0.25, 0.3) is 0 Å². The van der Waals surface area contributed by atoms with E-state index in [4.69, 9.17) is 15.2 Å². The van der Waals surface area contributed by atoms with E-state index in [1.807, 2.05) is 13.8 Å². The monoisotopic (exact) mass is 390 g/mol. The summed E-state index contributed by atoms with van der Waals surface area (Å²) in [7, 11) is 0. The number of carbonyl (C=O) groups excluding carboxylic acids is 2. The summed E-state index contributed by atoms with van der Waals surface area (Å²) in [6, 6.07) is -0.515. The summed E-state index contributed by atoms with van der Waals surface area (Å²) in [5.74, 6) is 0. The molecule has 0 rings (SSSR count). The Balaban J connectivity index is -0.00000220. The second-order valence-electron chi connectivity index (χ2n) is 5.04. The van der Waals surface area contributed by atoms with E-state index in [1.54, 1.807) is 13.8 Å². The minimum absolute atomic E-state index is 0. The van der Waals surface area contributed by atoms with Crippen LogP contribution in [-0.4, -0.2) is 50.2 Å². The second-order valence-corrected chi connectivity index (χ2v) is 5.04. The lowest BCUT2D eigenvalue weighted by molar-refractivity contribution is 0.0811. The number of unbranched alkanes of at least 4 members (excludes halogenated alkanes) is 1. The van der Waals surface area contributed by atoms with Gasteiger partial charge < -0.3 is 25.8 Å². The molecule has 0 fully saturated rings. The number of ether oxygens (including phenoxy) is 2. The van der Waals surface area contributed by atoms with Crippen molar-refractivity contribution in [3.63, 3.8) is 0 Å². The number of nitrogens with one attached hydrogen (secondary N) is 3. The van der Waals surface area contributed by atoms with E-state index in [0.29, 0.717) is 13.1 Å². The predicted octanol–water partition coefficient (Wildman–Crippen LogP) is 1.75. The lowest BCUT2D eigenvalue weighted by Crippen LogP contribution is -2.47. The lowest BCUT2D eigenvalue weighted by Gasteiger charge is -2.21. The van der Waals surface area contributed by atoms with Crippen molar-refractivity contribution in [1.82, 2.24) is 16.0 Å². The number of amides is 2. The molecular weight excluding hydrogens is 359 g/mol. The molecule has 146 valence electrons. The van der Waals surface area contributed by atoms with Gasteiger partial charge in [0.1, 0.15) is 6.10 Å². The van der Waals surface area contributed by atoms with E-state index in [2.05, 4.69) is 16.0 Å². The molecule has 0 aliphatic heterocycles. The summed E-state index contributed by atoms with van der Waals surface area (Å²) in [6.45, 7) is 8.79. The first-order valence-electron chi connectivity index (χ1n) is 7.78. The standard InChI is InChI=1S/C14H30N4O4.2ClH/c1-5-7-8-17-13(19)21-10(3)12(15)9-18-14(20)22-11(4)16-6-2;;/h10-12,16H,5-9,15H2,1-4H3,(H,17,19)(H,18,20);2*1H. The van der Waals surface area contributed by atoms with Crippen LogP contribution in [0.25, 0.3) is 0 Å². The fraction of sp³-hybridized carbons (Fsp3) is 0.857. The number of alkyl carbamates (subject to hydrolysis) is 2. The molecule has 24 heavy (non-hydrogen) atoms. The Labute approximate surface area is 156 Å². The zero-order valence-corrected chi connectivity index (χ0v) is 16.4. The molecule has 0 aromatic rings. The van der Waals surface area contributed by atoms with Gasteiger partial charge >= 0.3 is 12.2 Å². The van der Waals surface area contributed by atoms with Crippen molar-refractivity contribution in [3.8, 4) is 0 Å². The minimum Gasteiger partial charge on any atom is -0.445 e. The number of hydrogen-bond acceptors (Lipinski definition) is 6. The van der Waals surface area contributed by atoms with E-state index >= 15 is 0 Å². The molecular formula is C14H32Cl2N4O4. The van der Waals surface area contributed by atoms with E-state index in [1.165, 1.54) is 0 Å². The number of hydrogen-bond donors (Lipinski definition) is 4. The van der Waals surface area contributed by atoms with Gasteiger partial charge in [-0.25, -0.2) is 9.59 Å². The van der Waals surface area contributed by atoms with Gasteiger partial charge in [0.15, 0.2) is 6.23 Å². The Kier molecular flexibility index (Phi) is 19.6. The third kappa shape index (κ3) is 14.6. The molecule has 0 bridgehead atoms. The summed E-state index contributed by atoms with van der Waals surface area (Å²) < 4.78 is 10.2. The second kappa shape index (κ2) is 16.9. The molecule has 0 saturated heterocycles. The molecule has 0 aliphatic rings. The molecule has 2 amide bonds. The van der Waals surface area contributed by atoms with Crippen LogP contribution in [0.1, 0.15) is 40.5 Å². The van der Waals surface area contributed by atoms with Crippen LogP contribution in [0.3, 0.4) is 0 Å². The molecule has 0 aromatic heterocycles. The number of nitrogens with two attached hydrogens (primary N) is 1. The Hall–Kier alpha value is -0.960. The SMILES string of the molecule is CCCCNC(=O)OC(C)C(N)CNC(=O)OC(C)NCC.Cl.Cl. The van der Waals surface area contributed by atoms with Gasteiger partial charge in [-0.3, -0.25) is 5.32 Å². The number of rotatable bonds is 10. The average Bonchev–Trinajstić information content (AvgIpc) is 2.45. The van der Waals surface area contributed by atoms with Crippen LogP contribution >= 0.6 is 24.8 Å². The molecule has 0 aromatic carbocycles. The molecule has 3 unspecified atom stereocenters. The van der Waals surface area contributed by atoms with E-state index < -0.39 is 24.3 Å². The van der Waals surface area contributed by atoms with Crippen LogP contribution in [0, 0.1) is 0 Å².